The summed E-state index contributed by atoms with van der Waals surface area (Å²) < 4.78 is 69.3. The lowest BCUT2D eigenvalue weighted by molar-refractivity contribution is -0.156. The van der Waals surface area contributed by atoms with Crippen LogP contribution in [0, 0.1) is 5.92 Å². The first kappa shape index (κ1) is 28.4. The highest BCUT2D eigenvalue weighted by atomic mass is 32.2. The number of carbonyl (C=O) groups is 2. The topological polar surface area (TPSA) is 114 Å². The van der Waals surface area contributed by atoms with Crippen molar-refractivity contribution in [3.05, 3.63) is 0 Å². The first-order valence-corrected chi connectivity index (χ1v) is 15.7. The maximum absolute atomic E-state index is 13.7. The number of likely N-dealkylation sites (N-methyl/N-ethyl adjacent to an activating group) is 1. The van der Waals surface area contributed by atoms with E-state index in [1.165, 1.54) is 17.0 Å². The Kier molecular flexibility index (Phi) is 7.51. The van der Waals surface area contributed by atoms with E-state index < -0.39 is 57.1 Å². The van der Waals surface area contributed by atoms with Crippen LogP contribution in [-0.2, 0) is 14.8 Å². The van der Waals surface area contributed by atoms with Gasteiger partial charge in [-0.1, -0.05) is 0 Å². The molecular formula is C23H37F3N6O4S2. The second-order valence-electron chi connectivity index (χ2n) is 11.7. The Labute approximate surface area is 225 Å². The maximum atomic E-state index is 13.7. The summed E-state index contributed by atoms with van der Waals surface area (Å²) in [5, 5.41) is 4.09. The smallest absolute Gasteiger partial charge is 0.319 e. The number of carbonyl (C=O) groups excluding carboxylic acids is 2. The van der Waals surface area contributed by atoms with Crippen molar-refractivity contribution in [2.75, 3.05) is 26.7 Å². The number of hydrogen-bond donors (Lipinski definition) is 3. The van der Waals surface area contributed by atoms with Crippen LogP contribution in [0.25, 0.3) is 0 Å². The Morgan fingerprint density at radius 2 is 1.87 bits per heavy atom. The van der Waals surface area contributed by atoms with Gasteiger partial charge >= 0.3 is 12.2 Å². The Morgan fingerprint density at radius 3 is 2.45 bits per heavy atom. The molecular weight excluding hydrogens is 545 g/mol. The molecule has 0 aromatic rings. The van der Waals surface area contributed by atoms with Crippen molar-refractivity contribution >= 4 is 33.7 Å². The van der Waals surface area contributed by atoms with Gasteiger partial charge in [-0.25, -0.2) is 28.4 Å². The molecule has 3 saturated heterocycles. The third kappa shape index (κ3) is 5.69. The van der Waals surface area contributed by atoms with E-state index >= 15 is 0 Å². The maximum Gasteiger partial charge on any atom is 0.405 e. The lowest BCUT2D eigenvalue weighted by Crippen LogP contribution is -2.66. The Bertz CT molecular complexity index is 1060. The van der Waals surface area contributed by atoms with E-state index in [1.807, 2.05) is 13.8 Å². The highest BCUT2D eigenvalue weighted by Crippen LogP contribution is 2.41. The van der Waals surface area contributed by atoms with Gasteiger partial charge in [0.2, 0.25) is 15.9 Å². The van der Waals surface area contributed by atoms with Crippen LogP contribution in [0.15, 0.2) is 0 Å². The van der Waals surface area contributed by atoms with Crippen LogP contribution < -0.4 is 15.5 Å². The molecule has 3 amide bonds. The number of nitrogens with one attached hydrogen (secondary N) is 3. The Hall–Kier alpha value is -1.13. The molecule has 3 N–H and O–H groups in total. The molecule has 7 atom stereocenters. The largest absolute Gasteiger partial charge is 0.405 e. The molecule has 3 aliphatic heterocycles. The number of hydrogen-bond acceptors (Lipinski definition) is 8. The van der Waals surface area contributed by atoms with E-state index in [-0.39, 0.29) is 48.9 Å². The molecule has 0 aromatic heterocycles. The summed E-state index contributed by atoms with van der Waals surface area (Å²) in [5.41, 5.74) is 2.02. The predicted molar refractivity (Wildman–Crippen MR) is 136 cm³/mol. The van der Waals surface area contributed by atoms with E-state index in [0.717, 1.165) is 12.8 Å². The zero-order chi connectivity index (χ0) is 27.6. The molecule has 216 valence electrons. The number of hydrazine groups is 1. The normalized spacial score (nSPS) is 38.1. The first-order valence-electron chi connectivity index (χ1n) is 13.3. The van der Waals surface area contributed by atoms with Gasteiger partial charge in [-0.3, -0.25) is 9.69 Å². The second kappa shape index (κ2) is 10.1. The quantitative estimate of drug-likeness (QED) is 0.414. The molecule has 2 aliphatic carbocycles. The number of sulfonamides is 1. The van der Waals surface area contributed by atoms with E-state index in [1.54, 1.807) is 16.7 Å². The van der Waals surface area contributed by atoms with E-state index in [9.17, 15) is 31.2 Å². The molecule has 0 spiro atoms. The highest BCUT2D eigenvalue weighted by molar-refractivity contribution is 8.00. The number of fused-ring (bicyclic) bond motifs is 1. The molecule has 5 rings (SSSR count). The summed E-state index contributed by atoms with van der Waals surface area (Å²) in [4.78, 5) is 30.2. The third-order valence-corrected chi connectivity index (χ3v) is 12.0. The fraction of sp³-hybridized carbons (Fsp3) is 0.913. The van der Waals surface area contributed by atoms with Crippen LogP contribution in [0.5, 0.6) is 0 Å². The first-order chi connectivity index (χ1) is 17.7. The van der Waals surface area contributed by atoms with Crippen LogP contribution in [0.4, 0.5) is 18.0 Å². The van der Waals surface area contributed by atoms with Gasteiger partial charge in [0.05, 0.1) is 16.5 Å². The Balaban J connectivity index is 1.37. The molecule has 3 heterocycles. The minimum atomic E-state index is -4.42. The van der Waals surface area contributed by atoms with Gasteiger partial charge in [0.15, 0.2) is 0 Å². The van der Waals surface area contributed by atoms with E-state index in [0.29, 0.717) is 13.0 Å². The van der Waals surface area contributed by atoms with Gasteiger partial charge in [0, 0.05) is 49.6 Å². The predicted octanol–water partition coefficient (Wildman–Crippen LogP) is 1.45. The van der Waals surface area contributed by atoms with Crippen LogP contribution in [0.1, 0.15) is 52.4 Å². The standard InChI is InChI=1S/C23H37F3N6O4S2/c1-13-27-10-15(37-13)12-32-20(33)17-9-16(38(35,36)29-22(2)6-7-22)4-5-18(17)31(21(32)34)11-14-8-19(23(24,25)26)28-30(14)3/h13-19,27-29H,4-12H2,1-3H3. The number of halogens is 3. The monoisotopic (exact) mass is 582 g/mol. The van der Waals surface area contributed by atoms with Crippen molar-refractivity contribution in [3.63, 3.8) is 0 Å². The number of alkyl halides is 3. The number of nitrogens with zero attached hydrogens (tertiary/aromatic N) is 3. The van der Waals surface area contributed by atoms with E-state index in [4.69, 9.17) is 0 Å². The van der Waals surface area contributed by atoms with Crippen LogP contribution in [-0.4, -0.2) is 108 Å². The fourth-order valence-electron chi connectivity index (χ4n) is 6.18. The summed E-state index contributed by atoms with van der Waals surface area (Å²) in [5.74, 6) is -1.09. The molecule has 0 radical (unpaired) electrons. The zero-order valence-corrected chi connectivity index (χ0v) is 23.5. The summed E-state index contributed by atoms with van der Waals surface area (Å²) in [6, 6.07) is -3.34. The summed E-state index contributed by atoms with van der Waals surface area (Å²) in [6.07, 6.45) is -2.41. The van der Waals surface area contributed by atoms with Gasteiger partial charge in [-0.05, 0) is 52.4 Å². The second-order valence-corrected chi connectivity index (χ2v) is 15.3. The number of imide groups is 1. The summed E-state index contributed by atoms with van der Waals surface area (Å²) in [7, 11) is -2.14. The van der Waals surface area contributed by atoms with Crippen molar-refractivity contribution in [2.45, 2.75) is 98.1 Å². The van der Waals surface area contributed by atoms with Crippen molar-refractivity contribution in [2.24, 2.45) is 5.92 Å². The molecule has 5 fully saturated rings. The molecule has 5 aliphatic rings. The number of thioether (sulfide) groups is 1. The molecule has 2 saturated carbocycles. The van der Waals surface area contributed by atoms with E-state index in [2.05, 4.69) is 15.5 Å². The van der Waals surface area contributed by atoms with Crippen molar-refractivity contribution in [1.29, 1.82) is 0 Å². The minimum absolute atomic E-state index is 0.0127. The summed E-state index contributed by atoms with van der Waals surface area (Å²) in [6.45, 7) is 4.69. The number of amides is 3. The zero-order valence-electron chi connectivity index (χ0n) is 21.8. The summed E-state index contributed by atoms with van der Waals surface area (Å²) >= 11 is 1.62. The molecule has 0 aromatic carbocycles. The van der Waals surface area contributed by atoms with Gasteiger partial charge in [0.1, 0.15) is 6.04 Å². The molecule has 0 bridgehead atoms. The lowest BCUT2D eigenvalue weighted by atomic mass is 9.80. The van der Waals surface area contributed by atoms with Crippen molar-refractivity contribution in [1.82, 2.24) is 30.3 Å². The number of urea groups is 1. The minimum Gasteiger partial charge on any atom is -0.319 e. The highest BCUT2D eigenvalue weighted by Gasteiger charge is 2.54. The average molecular weight is 583 g/mol. The van der Waals surface area contributed by atoms with Gasteiger partial charge in [0.25, 0.3) is 0 Å². The third-order valence-electron chi connectivity index (χ3n) is 8.69. The molecule has 7 unspecified atom stereocenters. The molecule has 10 nitrogen and oxygen atoms in total. The SMILES string of the molecule is CC1NCC(CN2C(=O)C3CC(S(=O)(=O)NC4(C)CC4)CCC3N(CC3CC(C(F)(F)F)NN3C)C2=O)S1. The van der Waals surface area contributed by atoms with Crippen LogP contribution in [0.2, 0.25) is 0 Å². The van der Waals surface area contributed by atoms with Gasteiger partial charge in [-0.15, -0.1) is 11.8 Å². The van der Waals surface area contributed by atoms with Crippen LogP contribution in [0.3, 0.4) is 0 Å². The molecule has 15 heteroatoms. The van der Waals surface area contributed by atoms with Gasteiger partial charge in [-0.2, -0.15) is 13.2 Å². The van der Waals surface area contributed by atoms with Crippen LogP contribution >= 0.6 is 11.8 Å². The fourth-order valence-corrected chi connectivity index (χ4v) is 9.35. The lowest BCUT2D eigenvalue weighted by Gasteiger charge is -2.49. The van der Waals surface area contributed by atoms with Crippen molar-refractivity contribution < 1.29 is 31.2 Å². The number of rotatable bonds is 7. The van der Waals surface area contributed by atoms with Crippen molar-refractivity contribution in [3.8, 4) is 0 Å². The molecule has 38 heavy (non-hydrogen) atoms. The Morgan fingerprint density at radius 1 is 1.16 bits per heavy atom. The van der Waals surface area contributed by atoms with Gasteiger partial charge < -0.3 is 10.2 Å². The average Bonchev–Trinajstić information content (AvgIpc) is 3.20.